The maximum atomic E-state index is 13.4. The first-order valence-corrected chi connectivity index (χ1v) is 11.2. The van der Waals surface area contributed by atoms with Crippen LogP contribution in [0.3, 0.4) is 0 Å². The van der Waals surface area contributed by atoms with Crippen molar-refractivity contribution in [2.24, 2.45) is 0 Å². The maximum absolute atomic E-state index is 13.4. The summed E-state index contributed by atoms with van der Waals surface area (Å²) in [5.74, 6) is -1.55. The van der Waals surface area contributed by atoms with E-state index in [-0.39, 0.29) is 16.9 Å². The molecule has 1 aliphatic rings. The van der Waals surface area contributed by atoms with Gasteiger partial charge >= 0.3 is 0 Å². The molecule has 176 valence electrons. The van der Waals surface area contributed by atoms with Crippen molar-refractivity contribution in [3.8, 4) is 5.75 Å². The normalized spacial score (nSPS) is 17.7. The van der Waals surface area contributed by atoms with Crippen LogP contribution in [0.5, 0.6) is 5.75 Å². The van der Waals surface area contributed by atoms with E-state index in [1.165, 1.54) is 29.2 Å². The molecule has 3 rings (SSSR count). The van der Waals surface area contributed by atoms with E-state index in [1.54, 1.807) is 0 Å². The molecule has 1 N–H and O–H groups in total. The Morgan fingerprint density at radius 2 is 1.85 bits per heavy atom. The summed E-state index contributed by atoms with van der Waals surface area (Å²) >= 11 is 0. The molecule has 1 heterocycles. The number of carbonyl (C=O) groups is 2. The number of halogens is 1. The highest BCUT2D eigenvalue weighted by atomic mass is 19.1. The topological polar surface area (TPSA) is 70.1 Å². The highest BCUT2D eigenvalue weighted by molar-refractivity contribution is 6.46. The van der Waals surface area contributed by atoms with Gasteiger partial charge in [0, 0.05) is 18.7 Å². The summed E-state index contributed by atoms with van der Waals surface area (Å²) < 4.78 is 19.3. The van der Waals surface area contributed by atoms with Gasteiger partial charge in [-0.25, -0.2) is 4.39 Å². The molecule has 1 amide bonds. The van der Waals surface area contributed by atoms with Gasteiger partial charge in [-0.15, -0.1) is 0 Å². The summed E-state index contributed by atoms with van der Waals surface area (Å²) in [5.41, 5.74) is 0.942. The van der Waals surface area contributed by atoms with Gasteiger partial charge < -0.3 is 19.6 Å². The average molecular weight is 455 g/mol. The fourth-order valence-electron chi connectivity index (χ4n) is 3.84. The lowest BCUT2D eigenvalue weighted by Gasteiger charge is -2.27. The van der Waals surface area contributed by atoms with Crippen molar-refractivity contribution in [3.63, 3.8) is 0 Å². The summed E-state index contributed by atoms with van der Waals surface area (Å²) in [6.07, 6.45) is 3.10. The molecule has 6 nitrogen and oxygen atoms in total. The largest absolute Gasteiger partial charge is 0.507 e. The van der Waals surface area contributed by atoms with Gasteiger partial charge in [-0.3, -0.25) is 9.59 Å². The lowest BCUT2D eigenvalue weighted by atomic mass is 9.95. The Kier molecular flexibility index (Phi) is 8.22. The third kappa shape index (κ3) is 5.79. The van der Waals surface area contributed by atoms with E-state index in [0.29, 0.717) is 31.0 Å². The zero-order valence-electron chi connectivity index (χ0n) is 19.4. The van der Waals surface area contributed by atoms with Crippen LogP contribution in [-0.4, -0.2) is 60.4 Å². The molecular weight excluding hydrogens is 423 g/mol. The van der Waals surface area contributed by atoms with Crippen molar-refractivity contribution in [2.45, 2.75) is 32.2 Å². The Bertz CT molecular complexity index is 1020. The number of nitrogens with zero attached hydrogens (tertiary/aromatic N) is 2. The molecule has 1 atom stereocenters. The Morgan fingerprint density at radius 1 is 1.12 bits per heavy atom. The van der Waals surface area contributed by atoms with Crippen LogP contribution in [0.25, 0.3) is 5.76 Å². The van der Waals surface area contributed by atoms with Gasteiger partial charge in [-0.05, 0) is 62.5 Å². The van der Waals surface area contributed by atoms with Gasteiger partial charge in [0.05, 0.1) is 18.2 Å². The van der Waals surface area contributed by atoms with Crippen LogP contribution in [0.4, 0.5) is 4.39 Å². The fraction of sp³-hybridized carbons (Fsp3) is 0.385. The molecule has 2 aromatic carbocycles. The van der Waals surface area contributed by atoms with Crippen LogP contribution < -0.4 is 4.74 Å². The van der Waals surface area contributed by atoms with E-state index in [9.17, 15) is 19.1 Å². The number of carbonyl (C=O) groups excluding carboxylic acids is 2. The molecule has 1 saturated heterocycles. The van der Waals surface area contributed by atoms with Gasteiger partial charge in [-0.2, -0.15) is 0 Å². The summed E-state index contributed by atoms with van der Waals surface area (Å²) in [7, 11) is 3.77. The lowest BCUT2D eigenvalue weighted by molar-refractivity contribution is -0.140. The van der Waals surface area contributed by atoms with Crippen LogP contribution in [0.1, 0.15) is 43.4 Å². The van der Waals surface area contributed by atoms with E-state index >= 15 is 0 Å². The van der Waals surface area contributed by atoms with Crippen molar-refractivity contribution in [1.29, 1.82) is 0 Å². The second kappa shape index (κ2) is 11.1. The second-order valence-electron chi connectivity index (χ2n) is 8.43. The van der Waals surface area contributed by atoms with E-state index < -0.39 is 23.5 Å². The second-order valence-corrected chi connectivity index (χ2v) is 8.43. The van der Waals surface area contributed by atoms with Crippen LogP contribution >= 0.6 is 0 Å². The maximum Gasteiger partial charge on any atom is 0.295 e. The van der Waals surface area contributed by atoms with Crippen LogP contribution in [0, 0.1) is 5.82 Å². The average Bonchev–Trinajstić information content (AvgIpc) is 3.05. The third-order valence-corrected chi connectivity index (χ3v) is 5.64. The predicted molar refractivity (Wildman–Crippen MR) is 125 cm³/mol. The van der Waals surface area contributed by atoms with Crippen molar-refractivity contribution in [2.75, 3.05) is 33.8 Å². The molecule has 0 bridgehead atoms. The first-order chi connectivity index (χ1) is 15.8. The van der Waals surface area contributed by atoms with E-state index in [1.807, 2.05) is 43.3 Å². The molecule has 0 saturated carbocycles. The van der Waals surface area contributed by atoms with Crippen LogP contribution in [0.15, 0.2) is 54.1 Å². The van der Waals surface area contributed by atoms with Gasteiger partial charge in [0.25, 0.3) is 11.7 Å². The van der Waals surface area contributed by atoms with Crippen LogP contribution in [0.2, 0.25) is 0 Å². The summed E-state index contributed by atoms with van der Waals surface area (Å²) in [6, 6.07) is 11.7. The molecule has 1 unspecified atom stereocenters. The minimum absolute atomic E-state index is 0.00602. The minimum atomic E-state index is -0.769. The van der Waals surface area contributed by atoms with E-state index in [0.717, 1.165) is 19.3 Å². The highest BCUT2D eigenvalue weighted by Crippen LogP contribution is 2.40. The first-order valence-electron chi connectivity index (χ1n) is 11.2. The number of hydrogen-bond acceptors (Lipinski definition) is 5. The molecule has 7 heteroatoms. The number of aliphatic hydroxyl groups is 1. The minimum Gasteiger partial charge on any atom is -0.507 e. The fourth-order valence-corrected chi connectivity index (χ4v) is 3.84. The van der Waals surface area contributed by atoms with Gasteiger partial charge in [0.2, 0.25) is 0 Å². The molecule has 33 heavy (non-hydrogen) atoms. The Balaban J connectivity index is 2.03. The summed E-state index contributed by atoms with van der Waals surface area (Å²) in [6.45, 7) is 3.56. The van der Waals surface area contributed by atoms with Crippen molar-refractivity contribution >= 4 is 17.4 Å². The number of amides is 1. The molecule has 2 aromatic rings. The molecule has 1 aliphatic heterocycles. The molecule has 0 aliphatic carbocycles. The standard InChI is InChI=1S/C26H31FN2O4/c1-4-5-6-16-33-21-9-7-8-19(17-21)23-22(24(30)18-10-12-20(27)13-11-18)25(31)26(32)29(23)15-14-28(2)3/h7-13,17,23,30H,4-6,14-16H2,1-3H3. The number of likely N-dealkylation sites (tertiary alicyclic amines) is 1. The SMILES string of the molecule is CCCCCOc1cccc(C2C(=C(O)c3ccc(F)cc3)C(=O)C(=O)N2CCN(C)C)c1. The number of aliphatic hydroxyl groups excluding tert-OH is 1. The number of ketones is 1. The Labute approximate surface area is 194 Å². The number of likely N-dealkylation sites (N-methyl/N-ethyl adjacent to an activating group) is 1. The van der Waals surface area contributed by atoms with Crippen molar-refractivity contribution in [1.82, 2.24) is 9.80 Å². The summed E-state index contributed by atoms with van der Waals surface area (Å²) in [4.78, 5) is 29.4. The zero-order valence-corrected chi connectivity index (χ0v) is 19.4. The monoisotopic (exact) mass is 454 g/mol. The Morgan fingerprint density at radius 3 is 2.52 bits per heavy atom. The zero-order chi connectivity index (χ0) is 24.0. The Hall–Kier alpha value is -3.19. The predicted octanol–water partition coefficient (Wildman–Crippen LogP) is 4.38. The smallest absolute Gasteiger partial charge is 0.295 e. The molecular formula is C26H31FN2O4. The number of Topliss-reactive ketones (excluding diaryl/α,β-unsaturated/α-hetero) is 1. The number of benzene rings is 2. The third-order valence-electron chi connectivity index (χ3n) is 5.64. The van der Waals surface area contributed by atoms with E-state index in [4.69, 9.17) is 4.74 Å². The summed E-state index contributed by atoms with van der Waals surface area (Å²) in [5, 5.41) is 11.0. The highest BCUT2D eigenvalue weighted by Gasteiger charge is 2.46. The van der Waals surface area contributed by atoms with Crippen molar-refractivity contribution in [3.05, 3.63) is 71.0 Å². The molecule has 0 radical (unpaired) electrons. The quantitative estimate of drug-likeness (QED) is 0.250. The number of hydrogen-bond donors (Lipinski definition) is 1. The van der Waals surface area contributed by atoms with Crippen LogP contribution in [-0.2, 0) is 9.59 Å². The van der Waals surface area contributed by atoms with Gasteiger partial charge in [-0.1, -0.05) is 31.9 Å². The lowest BCUT2D eigenvalue weighted by Crippen LogP contribution is -2.35. The van der Waals surface area contributed by atoms with Gasteiger partial charge in [0.15, 0.2) is 0 Å². The number of ether oxygens (including phenoxy) is 1. The van der Waals surface area contributed by atoms with Crippen molar-refractivity contribution < 1.29 is 23.8 Å². The molecule has 0 aromatic heterocycles. The molecule has 1 fully saturated rings. The number of rotatable bonds is 10. The van der Waals surface area contributed by atoms with Gasteiger partial charge in [0.1, 0.15) is 17.3 Å². The first kappa shape index (κ1) is 24.5. The number of unbranched alkanes of at least 4 members (excludes halogenated alkanes) is 2. The van der Waals surface area contributed by atoms with E-state index in [2.05, 4.69) is 6.92 Å². The molecule has 0 spiro atoms.